The minimum Gasteiger partial charge on any atom is -0.481 e. The van der Waals surface area contributed by atoms with Crippen LogP contribution in [-0.4, -0.2) is 34.1 Å². The van der Waals surface area contributed by atoms with Crippen LogP contribution in [0.25, 0.3) is 0 Å². The first-order chi connectivity index (χ1) is 8.90. The number of carboxylic acid groups (broad SMARTS) is 1. The molecule has 0 radical (unpaired) electrons. The van der Waals surface area contributed by atoms with E-state index >= 15 is 0 Å². The zero-order valence-electron chi connectivity index (χ0n) is 10.7. The van der Waals surface area contributed by atoms with Gasteiger partial charge in [-0.2, -0.15) is 0 Å². The van der Waals surface area contributed by atoms with Gasteiger partial charge in [-0.15, -0.1) is 0 Å². The maximum atomic E-state index is 11.1. The van der Waals surface area contributed by atoms with Crippen LogP contribution in [0.1, 0.15) is 12.6 Å². The van der Waals surface area contributed by atoms with Crippen molar-refractivity contribution in [2.45, 2.75) is 13.8 Å². The van der Waals surface area contributed by atoms with Crippen LogP contribution < -0.4 is 4.90 Å². The van der Waals surface area contributed by atoms with Gasteiger partial charge in [0.2, 0.25) is 0 Å². The van der Waals surface area contributed by atoms with Crippen LogP contribution in [0, 0.1) is 28.9 Å². The fourth-order valence-electron chi connectivity index (χ4n) is 2.38. The molecule has 7 nitrogen and oxygen atoms in total. The van der Waals surface area contributed by atoms with Crippen LogP contribution in [0.4, 0.5) is 11.5 Å². The molecule has 1 N–H and O–H groups in total. The summed E-state index contributed by atoms with van der Waals surface area (Å²) in [5.41, 5.74) is 0.319. The summed E-state index contributed by atoms with van der Waals surface area (Å²) >= 11 is 0. The number of hydrogen-bond acceptors (Lipinski definition) is 5. The molecule has 0 aromatic carbocycles. The van der Waals surface area contributed by atoms with Crippen molar-refractivity contribution >= 4 is 17.5 Å². The van der Waals surface area contributed by atoms with Crippen LogP contribution in [0.15, 0.2) is 12.1 Å². The molecule has 0 aliphatic carbocycles. The second-order valence-corrected chi connectivity index (χ2v) is 4.86. The molecule has 1 aliphatic rings. The number of nitro groups is 1. The zero-order valence-corrected chi connectivity index (χ0v) is 10.7. The number of anilines is 1. The van der Waals surface area contributed by atoms with E-state index in [1.165, 1.54) is 6.07 Å². The Balaban J connectivity index is 2.22. The molecule has 1 aromatic heterocycles. The largest absolute Gasteiger partial charge is 0.481 e. The zero-order chi connectivity index (χ0) is 14.2. The number of nitrogens with zero attached hydrogens (tertiary/aromatic N) is 3. The fourth-order valence-corrected chi connectivity index (χ4v) is 2.38. The van der Waals surface area contributed by atoms with Gasteiger partial charge >= 0.3 is 5.97 Å². The van der Waals surface area contributed by atoms with Gasteiger partial charge in [-0.05, 0) is 18.9 Å². The van der Waals surface area contributed by atoms with Gasteiger partial charge in [-0.3, -0.25) is 14.9 Å². The SMILES string of the molecule is Cc1nc(N2CC(C)C(C(=O)O)C2)ccc1[N+](=O)[O-]. The predicted molar refractivity (Wildman–Crippen MR) is 68.1 cm³/mol. The van der Waals surface area contributed by atoms with Crippen LogP contribution in [-0.2, 0) is 4.79 Å². The van der Waals surface area contributed by atoms with Gasteiger partial charge in [0.25, 0.3) is 5.69 Å². The van der Waals surface area contributed by atoms with Crippen molar-refractivity contribution in [3.63, 3.8) is 0 Å². The van der Waals surface area contributed by atoms with Crippen molar-refractivity contribution in [1.29, 1.82) is 0 Å². The highest BCUT2D eigenvalue weighted by atomic mass is 16.6. The molecule has 1 saturated heterocycles. The van der Waals surface area contributed by atoms with Crippen molar-refractivity contribution in [1.82, 2.24) is 4.98 Å². The summed E-state index contributed by atoms with van der Waals surface area (Å²) in [4.78, 5) is 27.4. The van der Waals surface area contributed by atoms with Crippen LogP contribution >= 0.6 is 0 Å². The van der Waals surface area contributed by atoms with E-state index in [9.17, 15) is 14.9 Å². The van der Waals surface area contributed by atoms with Gasteiger partial charge in [0, 0.05) is 19.2 Å². The molecule has 0 saturated carbocycles. The quantitative estimate of drug-likeness (QED) is 0.656. The van der Waals surface area contributed by atoms with Gasteiger partial charge in [-0.25, -0.2) is 4.98 Å². The third kappa shape index (κ3) is 2.49. The van der Waals surface area contributed by atoms with E-state index < -0.39 is 16.8 Å². The third-order valence-corrected chi connectivity index (χ3v) is 3.49. The maximum absolute atomic E-state index is 11.1. The molecule has 2 rings (SSSR count). The summed E-state index contributed by atoms with van der Waals surface area (Å²) in [5, 5.41) is 19.8. The number of aliphatic carboxylic acids is 1. The number of carbonyl (C=O) groups is 1. The number of pyridine rings is 1. The number of aryl methyl sites for hydroxylation is 1. The second-order valence-electron chi connectivity index (χ2n) is 4.86. The molecular formula is C12H15N3O4. The Kier molecular flexibility index (Phi) is 3.37. The first-order valence-corrected chi connectivity index (χ1v) is 6.00. The minimum atomic E-state index is -0.811. The van der Waals surface area contributed by atoms with E-state index in [4.69, 9.17) is 5.11 Å². The highest BCUT2D eigenvalue weighted by Gasteiger charge is 2.35. The Bertz CT molecular complexity index is 532. The molecule has 0 bridgehead atoms. The molecule has 2 atom stereocenters. The molecule has 1 fully saturated rings. The second kappa shape index (κ2) is 4.83. The van der Waals surface area contributed by atoms with E-state index in [0.717, 1.165) is 0 Å². The van der Waals surface area contributed by atoms with Crippen molar-refractivity contribution < 1.29 is 14.8 Å². The first-order valence-electron chi connectivity index (χ1n) is 6.00. The van der Waals surface area contributed by atoms with E-state index in [1.807, 2.05) is 11.8 Å². The minimum absolute atomic E-state index is 0.0224. The maximum Gasteiger partial charge on any atom is 0.308 e. The van der Waals surface area contributed by atoms with Crippen LogP contribution in [0.3, 0.4) is 0 Å². The number of rotatable bonds is 3. The standard InChI is InChI=1S/C12H15N3O4/c1-7-5-14(6-9(7)12(16)17)11-4-3-10(15(18)19)8(2)13-11/h3-4,7,9H,5-6H2,1-2H3,(H,16,17). The predicted octanol–water partition coefficient (Wildman–Crippen LogP) is 1.46. The van der Waals surface area contributed by atoms with E-state index in [2.05, 4.69) is 4.98 Å². The Morgan fingerprint density at radius 3 is 2.68 bits per heavy atom. The Hall–Kier alpha value is -2.18. The van der Waals surface area contributed by atoms with Gasteiger partial charge in [0.15, 0.2) is 0 Å². The summed E-state index contributed by atoms with van der Waals surface area (Å²) in [7, 11) is 0. The monoisotopic (exact) mass is 265 g/mol. The number of carboxylic acids is 1. The number of aromatic nitrogens is 1. The van der Waals surface area contributed by atoms with E-state index in [-0.39, 0.29) is 11.6 Å². The van der Waals surface area contributed by atoms with Crippen molar-refractivity contribution in [3.05, 3.63) is 27.9 Å². The average Bonchev–Trinajstić information content (AvgIpc) is 2.70. The first kappa shape index (κ1) is 13.3. The molecule has 102 valence electrons. The topological polar surface area (TPSA) is 96.6 Å². The summed E-state index contributed by atoms with van der Waals surface area (Å²) in [6, 6.07) is 2.98. The molecule has 2 unspecified atom stereocenters. The normalized spacial score (nSPS) is 22.5. The van der Waals surface area contributed by atoms with Gasteiger partial charge < -0.3 is 10.0 Å². The highest BCUT2D eigenvalue weighted by Crippen LogP contribution is 2.28. The summed E-state index contributed by atoms with van der Waals surface area (Å²) in [6.45, 7) is 4.45. The molecular weight excluding hydrogens is 250 g/mol. The number of hydrogen-bond donors (Lipinski definition) is 1. The summed E-state index contributed by atoms with van der Waals surface area (Å²) < 4.78 is 0. The lowest BCUT2D eigenvalue weighted by atomic mass is 9.99. The van der Waals surface area contributed by atoms with Crippen LogP contribution in [0.2, 0.25) is 0 Å². The Morgan fingerprint density at radius 1 is 1.53 bits per heavy atom. The smallest absolute Gasteiger partial charge is 0.308 e. The highest BCUT2D eigenvalue weighted by molar-refractivity contribution is 5.72. The summed E-state index contributed by atoms with van der Waals surface area (Å²) in [5.74, 6) is -0.598. The molecule has 2 heterocycles. The lowest BCUT2D eigenvalue weighted by Gasteiger charge is -2.17. The van der Waals surface area contributed by atoms with Gasteiger partial charge in [-0.1, -0.05) is 6.92 Å². The lowest BCUT2D eigenvalue weighted by molar-refractivity contribution is -0.385. The van der Waals surface area contributed by atoms with Gasteiger partial charge in [0.1, 0.15) is 11.5 Å². The molecule has 1 aromatic rings. The van der Waals surface area contributed by atoms with Gasteiger partial charge in [0.05, 0.1) is 10.8 Å². The summed E-state index contributed by atoms with van der Waals surface area (Å²) in [6.07, 6.45) is 0. The third-order valence-electron chi connectivity index (χ3n) is 3.49. The molecule has 0 spiro atoms. The molecule has 19 heavy (non-hydrogen) atoms. The van der Waals surface area contributed by atoms with Crippen molar-refractivity contribution in [2.75, 3.05) is 18.0 Å². The Morgan fingerprint density at radius 2 is 2.21 bits per heavy atom. The van der Waals surface area contributed by atoms with Crippen molar-refractivity contribution in [2.24, 2.45) is 11.8 Å². The van der Waals surface area contributed by atoms with E-state index in [1.54, 1.807) is 13.0 Å². The Labute approximate surface area is 110 Å². The van der Waals surface area contributed by atoms with Crippen molar-refractivity contribution in [3.8, 4) is 0 Å². The molecule has 0 amide bonds. The lowest BCUT2D eigenvalue weighted by Crippen LogP contribution is -2.23. The average molecular weight is 265 g/mol. The van der Waals surface area contributed by atoms with Crippen LogP contribution in [0.5, 0.6) is 0 Å². The molecule has 1 aliphatic heterocycles. The molecule has 7 heteroatoms. The van der Waals surface area contributed by atoms with E-state index in [0.29, 0.717) is 24.6 Å². The fraction of sp³-hybridized carbons (Fsp3) is 0.500.